The zero-order valence-electron chi connectivity index (χ0n) is 5.42. The Morgan fingerprint density at radius 2 is 2.00 bits per heavy atom. The van der Waals surface area contributed by atoms with E-state index >= 15 is 0 Å². The second-order valence-corrected chi connectivity index (χ2v) is 2.57. The minimum Gasteiger partial charge on any atom is -0.493 e. The molecule has 0 radical (unpaired) electrons. The molecule has 1 rings (SSSR count). The molecule has 1 unspecified atom stereocenters. The normalized spacial score (nSPS) is 9.44. The SMILES string of the molecule is COc1ccccc1[PH3+]. The van der Waals surface area contributed by atoms with Crippen LogP contribution in [0.4, 0.5) is 0 Å². The lowest BCUT2D eigenvalue weighted by molar-refractivity contribution is 0.418. The molecule has 1 aromatic carbocycles. The molecular weight excluding hydrogens is 131 g/mol. The van der Waals surface area contributed by atoms with Gasteiger partial charge in [0.1, 0.15) is 5.30 Å². The zero-order chi connectivity index (χ0) is 6.69. The van der Waals surface area contributed by atoms with E-state index in [1.54, 1.807) is 7.11 Å². The van der Waals surface area contributed by atoms with Crippen molar-refractivity contribution in [1.29, 1.82) is 0 Å². The van der Waals surface area contributed by atoms with Crippen LogP contribution in [0, 0.1) is 0 Å². The number of para-hydroxylation sites is 1. The lowest BCUT2D eigenvalue weighted by Gasteiger charge is -1.96. The van der Waals surface area contributed by atoms with Crippen LogP contribution in [0.2, 0.25) is 0 Å². The summed E-state index contributed by atoms with van der Waals surface area (Å²) in [5.41, 5.74) is 0. The summed E-state index contributed by atoms with van der Waals surface area (Å²) in [7, 11) is 3.52. The van der Waals surface area contributed by atoms with Gasteiger partial charge in [-0.3, -0.25) is 0 Å². The third-order valence-electron chi connectivity index (χ3n) is 1.19. The largest absolute Gasteiger partial charge is 0.493 e. The van der Waals surface area contributed by atoms with Crippen LogP contribution in [0.5, 0.6) is 5.75 Å². The Bertz CT molecular complexity index is 198. The first-order chi connectivity index (χ1) is 4.34. The first-order valence-electron chi connectivity index (χ1n) is 2.79. The average molecular weight is 141 g/mol. The highest BCUT2D eigenvalue weighted by Crippen LogP contribution is 2.07. The maximum Gasteiger partial charge on any atom is 0.160 e. The molecule has 0 heterocycles. The quantitative estimate of drug-likeness (QED) is 0.528. The van der Waals surface area contributed by atoms with Gasteiger partial charge in [0, 0.05) is 9.24 Å². The summed E-state index contributed by atoms with van der Waals surface area (Å²) in [6.45, 7) is 0. The first kappa shape index (κ1) is 6.57. The van der Waals surface area contributed by atoms with Gasteiger partial charge in [0.05, 0.1) is 7.11 Å². The lowest BCUT2D eigenvalue weighted by Crippen LogP contribution is -1.95. The minimum absolute atomic E-state index is 0.968. The van der Waals surface area contributed by atoms with Gasteiger partial charge in [-0.2, -0.15) is 0 Å². The Labute approximate surface area is 57.2 Å². The molecule has 9 heavy (non-hydrogen) atoms. The molecule has 0 aliphatic carbocycles. The molecule has 0 saturated carbocycles. The summed E-state index contributed by atoms with van der Waals surface area (Å²) in [4.78, 5) is 0. The van der Waals surface area contributed by atoms with Crippen molar-refractivity contribution in [2.45, 2.75) is 0 Å². The van der Waals surface area contributed by atoms with Gasteiger partial charge in [-0.25, -0.2) is 0 Å². The summed E-state index contributed by atoms with van der Waals surface area (Å²) in [6, 6.07) is 7.97. The molecule has 0 spiro atoms. The van der Waals surface area contributed by atoms with Crippen LogP contribution in [0.3, 0.4) is 0 Å². The summed E-state index contributed by atoms with van der Waals surface area (Å²) in [5.74, 6) is 0.968. The van der Waals surface area contributed by atoms with E-state index in [2.05, 4.69) is 0 Å². The molecule has 0 aliphatic rings. The van der Waals surface area contributed by atoms with Crippen LogP contribution in [-0.4, -0.2) is 7.11 Å². The molecule has 1 nitrogen and oxygen atoms in total. The zero-order valence-corrected chi connectivity index (χ0v) is 6.84. The van der Waals surface area contributed by atoms with Crippen molar-refractivity contribution in [3.05, 3.63) is 24.3 Å². The van der Waals surface area contributed by atoms with E-state index in [9.17, 15) is 0 Å². The highest BCUT2D eigenvalue weighted by molar-refractivity contribution is 7.27. The third-order valence-corrected chi connectivity index (χ3v) is 1.78. The van der Waals surface area contributed by atoms with E-state index in [1.807, 2.05) is 33.5 Å². The second-order valence-electron chi connectivity index (χ2n) is 1.81. The van der Waals surface area contributed by atoms with Gasteiger partial charge in [-0.15, -0.1) is 0 Å². The molecule has 0 aliphatic heterocycles. The van der Waals surface area contributed by atoms with Gasteiger partial charge in [-0.1, -0.05) is 12.1 Å². The Kier molecular flexibility index (Phi) is 2.07. The Hall–Kier alpha value is -0.550. The molecule has 0 fully saturated rings. The van der Waals surface area contributed by atoms with Gasteiger partial charge in [0.15, 0.2) is 5.75 Å². The van der Waals surface area contributed by atoms with Crippen LogP contribution < -0.4 is 10.0 Å². The Morgan fingerprint density at radius 3 is 2.44 bits per heavy atom. The van der Waals surface area contributed by atoms with Crippen molar-refractivity contribution in [2.75, 3.05) is 7.11 Å². The summed E-state index contributed by atoms with van der Waals surface area (Å²) < 4.78 is 5.05. The molecule has 0 saturated heterocycles. The van der Waals surface area contributed by atoms with E-state index in [0.29, 0.717) is 0 Å². The lowest BCUT2D eigenvalue weighted by atomic mass is 10.3. The fourth-order valence-electron chi connectivity index (χ4n) is 0.703. The molecule has 1 atom stereocenters. The van der Waals surface area contributed by atoms with Crippen molar-refractivity contribution < 1.29 is 4.74 Å². The number of hydrogen-bond donors (Lipinski definition) is 0. The molecule has 0 aromatic heterocycles. The highest BCUT2D eigenvalue weighted by atomic mass is 31.0. The van der Waals surface area contributed by atoms with Gasteiger partial charge in [-0.05, 0) is 12.1 Å². The summed E-state index contributed by atoms with van der Waals surface area (Å²) in [6.07, 6.45) is 0. The third kappa shape index (κ3) is 1.43. The van der Waals surface area contributed by atoms with Crippen molar-refractivity contribution in [3.8, 4) is 5.75 Å². The Balaban J connectivity index is 3.01. The number of benzene rings is 1. The fraction of sp³-hybridized carbons (Fsp3) is 0.143. The number of rotatable bonds is 1. The summed E-state index contributed by atoms with van der Waals surface area (Å²) >= 11 is 0. The number of ether oxygens (including phenoxy) is 1. The molecule has 0 N–H and O–H groups in total. The fourth-order valence-corrected chi connectivity index (χ4v) is 1.10. The van der Waals surface area contributed by atoms with E-state index in [-0.39, 0.29) is 0 Å². The van der Waals surface area contributed by atoms with Gasteiger partial charge >= 0.3 is 0 Å². The van der Waals surface area contributed by atoms with Crippen LogP contribution in [0.25, 0.3) is 0 Å². The summed E-state index contributed by atoms with van der Waals surface area (Å²) in [5, 5.41) is 1.21. The van der Waals surface area contributed by atoms with Crippen molar-refractivity contribution in [2.24, 2.45) is 0 Å². The smallest absolute Gasteiger partial charge is 0.160 e. The molecule has 0 bridgehead atoms. The topological polar surface area (TPSA) is 9.23 Å². The van der Waals surface area contributed by atoms with E-state index in [0.717, 1.165) is 5.75 Å². The van der Waals surface area contributed by atoms with Gasteiger partial charge in [0.2, 0.25) is 0 Å². The van der Waals surface area contributed by atoms with E-state index < -0.39 is 0 Å². The predicted molar refractivity (Wildman–Crippen MR) is 43.7 cm³/mol. The van der Waals surface area contributed by atoms with Gasteiger partial charge < -0.3 is 4.74 Å². The average Bonchev–Trinajstić information content (AvgIpc) is 1.89. The standard InChI is InChI=1S/C7H9OP/c1-8-6-4-2-3-5-7(6)9/h2-5H,9H2,1H3/p+1. The number of hydrogen-bond acceptors (Lipinski definition) is 1. The first-order valence-corrected chi connectivity index (χ1v) is 3.50. The van der Waals surface area contributed by atoms with Crippen molar-refractivity contribution >= 4 is 14.5 Å². The van der Waals surface area contributed by atoms with Gasteiger partial charge in [0.25, 0.3) is 0 Å². The van der Waals surface area contributed by atoms with Crippen molar-refractivity contribution in [1.82, 2.24) is 0 Å². The van der Waals surface area contributed by atoms with E-state index in [4.69, 9.17) is 4.74 Å². The maximum atomic E-state index is 5.05. The van der Waals surface area contributed by atoms with Crippen molar-refractivity contribution in [3.63, 3.8) is 0 Å². The minimum atomic E-state index is 0.968. The second kappa shape index (κ2) is 2.84. The Morgan fingerprint density at radius 1 is 1.33 bits per heavy atom. The van der Waals surface area contributed by atoms with E-state index in [1.165, 1.54) is 5.30 Å². The molecule has 48 valence electrons. The molecular formula is C7H10OP+. The maximum absolute atomic E-state index is 5.05. The molecule has 1 aromatic rings. The molecule has 0 amide bonds. The van der Waals surface area contributed by atoms with Crippen LogP contribution >= 0.6 is 9.24 Å². The predicted octanol–water partition coefficient (Wildman–Crippen LogP) is 0.928. The number of methoxy groups -OCH3 is 1. The van der Waals surface area contributed by atoms with Crippen LogP contribution in [0.1, 0.15) is 0 Å². The van der Waals surface area contributed by atoms with Crippen LogP contribution in [-0.2, 0) is 0 Å². The molecule has 2 heteroatoms. The van der Waals surface area contributed by atoms with Crippen LogP contribution in [0.15, 0.2) is 24.3 Å². The highest BCUT2D eigenvalue weighted by Gasteiger charge is 1.96. The monoisotopic (exact) mass is 141 g/mol.